The first kappa shape index (κ1) is 11.7. The van der Waals surface area contributed by atoms with Gasteiger partial charge in [0.25, 0.3) is 0 Å². The summed E-state index contributed by atoms with van der Waals surface area (Å²) < 4.78 is 0. The Hall–Kier alpha value is -0.340. The Kier molecular flexibility index (Phi) is 4.63. The highest BCUT2D eigenvalue weighted by Gasteiger charge is 2.06. The van der Waals surface area contributed by atoms with Crippen molar-refractivity contribution in [3.05, 3.63) is 23.2 Å². The van der Waals surface area contributed by atoms with Crippen molar-refractivity contribution in [1.29, 1.82) is 0 Å². The Bertz CT molecular complexity index is 301. The van der Waals surface area contributed by atoms with Crippen LogP contribution in [0.2, 0.25) is 5.02 Å². The minimum Gasteiger partial charge on any atom is -0.399 e. The van der Waals surface area contributed by atoms with Gasteiger partial charge in [-0.3, -0.25) is 0 Å². The van der Waals surface area contributed by atoms with Gasteiger partial charge in [-0.05, 0) is 24.6 Å². The van der Waals surface area contributed by atoms with Gasteiger partial charge in [0.15, 0.2) is 0 Å². The highest BCUT2D eigenvalue weighted by molar-refractivity contribution is 8.00. The van der Waals surface area contributed by atoms with E-state index in [9.17, 15) is 0 Å². The van der Waals surface area contributed by atoms with E-state index in [4.69, 9.17) is 17.3 Å². The van der Waals surface area contributed by atoms with Crippen LogP contribution in [0.5, 0.6) is 0 Å². The molecule has 2 N–H and O–H groups in total. The van der Waals surface area contributed by atoms with Gasteiger partial charge in [-0.1, -0.05) is 31.9 Å². The molecule has 0 radical (unpaired) electrons. The molecule has 0 saturated carbocycles. The third-order valence-electron chi connectivity index (χ3n) is 1.98. The zero-order valence-electron chi connectivity index (χ0n) is 8.59. The van der Waals surface area contributed by atoms with Gasteiger partial charge in [0.1, 0.15) is 0 Å². The zero-order valence-corrected chi connectivity index (χ0v) is 10.2. The second-order valence-corrected chi connectivity index (χ2v) is 5.29. The van der Waals surface area contributed by atoms with Crippen LogP contribution in [0, 0.1) is 0 Å². The molecule has 78 valence electrons. The highest BCUT2D eigenvalue weighted by atomic mass is 35.5. The van der Waals surface area contributed by atoms with Crippen LogP contribution in [0.15, 0.2) is 23.1 Å². The summed E-state index contributed by atoms with van der Waals surface area (Å²) in [6, 6.07) is 5.70. The Morgan fingerprint density at radius 1 is 1.50 bits per heavy atom. The molecular formula is C11H16ClNS. The first-order valence-corrected chi connectivity index (χ1v) is 6.11. The summed E-state index contributed by atoms with van der Waals surface area (Å²) in [6.45, 7) is 4.42. The van der Waals surface area contributed by atoms with E-state index in [0.717, 1.165) is 15.6 Å². The minimum atomic E-state index is 0.612. The lowest BCUT2D eigenvalue weighted by Crippen LogP contribution is -1.95. The molecule has 1 rings (SSSR count). The summed E-state index contributed by atoms with van der Waals surface area (Å²) >= 11 is 7.89. The first-order chi connectivity index (χ1) is 6.63. The van der Waals surface area contributed by atoms with Crippen molar-refractivity contribution in [3.63, 3.8) is 0 Å². The fraction of sp³-hybridized carbons (Fsp3) is 0.455. The van der Waals surface area contributed by atoms with Crippen molar-refractivity contribution >= 4 is 29.1 Å². The lowest BCUT2D eigenvalue weighted by Gasteiger charge is -2.11. The van der Waals surface area contributed by atoms with E-state index >= 15 is 0 Å². The maximum Gasteiger partial charge on any atom is 0.0562 e. The Morgan fingerprint density at radius 2 is 2.21 bits per heavy atom. The maximum atomic E-state index is 6.07. The Morgan fingerprint density at radius 3 is 2.79 bits per heavy atom. The van der Waals surface area contributed by atoms with Crippen molar-refractivity contribution in [2.45, 2.75) is 36.8 Å². The molecule has 0 aliphatic carbocycles. The van der Waals surface area contributed by atoms with Crippen molar-refractivity contribution < 1.29 is 0 Å². The molecule has 0 heterocycles. The molecule has 0 aliphatic rings. The van der Waals surface area contributed by atoms with Crippen LogP contribution in [0.4, 0.5) is 5.69 Å². The van der Waals surface area contributed by atoms with Gasteiger partial charge in [0.2, 0.25) is 0 Å². The number of halogens is 1. The third kappa shape index (κ3) is 3.43. The predicted octanol–water partition coefficient (Wildman–Crippen LogP) is 4.20. The van der Waals surface area contributed by atoms with Gasteiger partial charge in [-0.2, -0.15) is 0 Å². The molecule has 1 nitrogen and oxygen atoms in total. The molecular weight excluding hydrogens is 214 g/mol. The predicted molar refractivity (Wildman–Crippen MR) is 66.1 cm³/mol. The summed E-state index contributed by atoms with van der Waals surface area (Å²) in [5.41, 5.74) is 6.35. The van der Waals surface area contributed by atoms with Crippen LogP contribution in [0.3, 0.4) is 0 Å². The molecule has 0 aliphatic heterocycles. The molecule has 0 saturated heterocycles. The van der Waals surface area contributed by atoms with Crippen LogP contribution in [0.25, 0.3) is 0 Å². The van der Waals surface area contributed by atoms with Gasteiger partial charge in [0, 0.05) is 15.8 Å². The van der Waals surface area contributed by atoms with E-state index in [0.29, 0.717) is 5.25 Å². The van der Waals surface area contributed by atoms with E-state index < -0.39 is 0 Å². The van der Waals surface area contributed by atoms with E-state index in [1.54, 1.807) is 0 Å². The minimum absolute atomic E-state index is 0.612. The summed E-state index contributed by atoms with van der Waals surface area (Å²) in [6.07, 6.45) is 2.42. The van der Waals surface area contributed by atoms with E-state index in [1.165, 1.54) is 12.8 Å². The van der Waals surface area contributed by atoms with E-state index in [2.05, 4.69) is 13.8 Å². The highest BCUT2D eigenvalue weighted by Crippen LogP contribution is 2.32. The molecule has 0 bridgehead atoms. The van der Waals surface area contributed by atoms with Crippen molar-refractivity contribution in [2.24, 2.45) is 0 Å². The molecule has 0 amide bonds. The lowest BCUT2D eigenvalue weighted by atomic mass is 10.3. The fourth-order valence-corrected chi connectivity index (χ4v) is 2.72. The van der Waals surface area contributed by atoms with Crippen molar-refractivity contribution in [1.82, 2.24) is 0 Å². The van der Waals surface area contributed by atoms with E-state index in [-0.39, 0.29) is 0 Å². The number of benzene rings is 1. The lowest BCUT2D eigenvalue weighted by molar-refractivity contribution is 0.787. The molecule has 1 unspecified atom stereocenters. The summed E-state index contributed by atoms with van der Waals surface area (Å²) in [4.78, 5) is 1.13. The average Bonchev–Trinajstić information content (AvgIpc) is 2.10. The van der Waals surface area contributed by atoms with E-state index in [1.807, 2.05) is 30.0 Å². The summed E-state index contributed by atoms with van der Waals surface area (Å²) in [5, 5.41) is 1.37. The van der Waals surface area contributed by atoms with Gasteiger partial charge < -0.3 is 5.73 Å². The van der Waals surface area contributed by atoms with Crippen LogP contribution in [-0.4, -0.2) is 5.25 Å². The van der Waals surface area contributed by atoms with Crippen LogP contribution >= 0.6 is 23.4 Å². The smallest absolute Gasteiger partial charge is 0.0562 e. The monoisotopic (exact) mass is 229 g/mol. The van der Waals surface area contributed by atoms with Crippen LogP contribution < -0.4 is 5.73 Å². The van der Waals surface area contributed by atoms with Crippen molar-refractivity contribution in [2.75, 3.05) is 5.73 Å². The molecule has 0 spiro atoms. The molecule has 0 fully saturated rings. The SMILES string of the molecule is CCCC(C)Sc1ccc(N)cc1Cl. The number of hydrogen-bond acceptors (Lipinski definition) is 2. The number of nitrogens with two attached hydrogens (primary N) is 1. The molecule has 0 aromatic heterocycles. The molecule has 14 heavy (non-hydrogen) atoms. The number of rotatable bonds is 4. The number of thioether (sulfide) groups is 1. The number of nitrogen functional groups attached to an aromatic ring is 1. The second-order valence-electron chi connectivity index (χ2n) is 3.41. The Labute approximate surface area is 95.0 Å². The van der Waals surface area contributed by atoms with Gasteiger partial charge in [-0.25, -0.2) is 0 Å². The second kappa shape index (κ2) is 5.52. The molecule has 1 aromatic carbocycles. The largest absolute Gasteiger partial charge is 0.399 e. The average molecular weight is 230 g/mol. The van der Waals surface area contributed by atoms with Gasteiger partial charge in [-0.15, -0.1) is 11.8 Å². The Balaban J connectivity index is 2.67. The topological polar surface area (TPSA) is 26.0 Å². The standard InChI is InChI=1S/C11H16ClNS/c1-3-4-8(2)14-11-6-5-9(13)7-10(11)12/h5-8H,3-4,13H2,1-2H3. The van der Waals surface area contributed by atoms with Crippen molar-refractivity contribution in [3.8, 4) is 0 Å². The van der Waals surface area contributed by atoms with Crippen LogP contribution in [-0.2, 0) is 0 Å². The summed E-state index contributed by atoms with van der Waals surface area (Å²) in [7, 11) is 0. The fourth-order valence-electron chi connectivity index (χ4n) is 1.29. The zero-order chi connectivity index (χ0) is 10.6. The van der Waals surface area contributed by atoms with Crippen LogP contribution in [0.1, 0.15) is 26.7 Å². The maximum absolute atomic E-state index is 6.07. The quantitative estimate of drug-likeness (QED) is 0.619. The number of anilines is 1. The summed E-state index contributed by atoms with van der Waals surface area (Å²) in [5.74, 6) is 0. The van der Waals surface area contributed by atoms with Gasteiger partial charge >= 0.3 is 0 Å². The molecule has 3 heteroatoms. The number of hydrogen-bond donors (Lipinski definition) is 1. The normalized spacial score (nSPS) is 12.8. The molecule has 1 aromatic rings. The first-order valence-electron chi connectivity index (χ1n) is 4.85. The third-order valence-corrected chi connectivity index (χ3v) is 3.65. The molecule has 1 atom stereocenters. The van der Waals surface area contributed by atoms with Gasteiger partial charge in [0.05, 0.1) is 5.02 Å².